The summed E-state index contributed by atoms with van der Waals surface area (Å²) in [5.41, 5.74) is 0. The van der Waals surface area contributed by atoms with Gasteiger partial charge in [-0.05, 0) is 30.9 Å². The average Bonchev–Trinajstić information content (AvgIpc) is 2.46. The van der Waals surface area contributed by atoms with Gasteiger partial charge >= 0.3 is 0 Å². The monoisotopic (exact) mass is 297 g/mol. The maximum atomic E-state index is 12.8. The zero-order valence-electron chi connectivity index (χ0n) is 12.3. The molecule has 0 radical (unpaired) electrons. The molecule has 6 heteroatoms. The van der Waals surface area contributed by atoms with Gasteiger partial charge in [0.25, 0.3) is 0 Å². The van der Waals surface area contributed by atoms with Gasteiger partial charge in [0.2, 0.25) is 10.0 Å². The summed E-state index contributed by atoms with van der Waals surface area (Å²) in [5.74, 6) is 0.993. The Bertz CT molecular complexity index is 559. The molecule has 1 aromatic rings. The molecule has 5 nitrogen and oxygen atoms in total. The molecule has 0 amide bonds. The van der Waals surface area contributed by atoms with E-state index >= 15 is 0 Å². The van der Waals surface area contributed by atoms with E-state index in [1.165, 1.54) is 10.7 Å². The summed E-state index contributed by atoms with van der Waals surface area (Å²) in [4.78, 5) is 4.34. The van der Waals surface area contributed by atoms with Crippen LogP contribution in [0.4, 0.5) is 5.82 Å². The molecule has 20 heavy (non-hydrogen) atoms. The van der Waals surface area contributed by atoms with E-state index in [1.54, 1.807) is 32.4 Å². The first-order valence-corrected chi connectivity index (χ1v) is 8.51. The van der Waals surface area contributed by atoms with Gasteiger partial charge in [-0.25, -0.2) is 13.4 Å². The van der Waals surface area contributed by atoms with Gasteiger partial charge in [-0.1, -0.05) is 19.8 Å². The van der Waals surface area contributed by atoms with E-state index in [4.69, 9.17) is 0 Å². The topological polar surface area (TPSA) is 62.3 Å². The average molecular weight is 297 g/mol. The number of aromatic nitrogens is 1. The van der Waals surface area contributed by atoms with E-state index in [2.05, 4.69) is 17.2 Å². The highest BCUT2D eigenvalue weighted by Crippen LogP contribution is 2.31. The summed E-state index contributed by atoms with van der Waals surface area (Å²) >= 11 is 0. The van der Waals surface area contributed by atoms with E-state index in [1.807, 2.05) is 0 Å². The maximum Gasteiger partial charge on any atom is 0.246 e. The van der Waals surface area contributed by atoms with E-state index < -0.39 is 10.0 Å². The van der Waals surface area contributed by atoms with Crippen LogP contribution in [0.5, 0.6) is 0 Å². The zero-order valence-corrected chi connectivity index (χ0v) is 13.2. The van der Waals surface area contributed by atoms with E-state index in [0.717, 1.165) is 19.3 Å². The Morgan fingerprint density at radius 1 is 1.40 bits per heavy atom. The molecule has 0 aliphatic heterocycles. The minimum absolute atomic E-state index is 0.0914. The summed E-state index contributed by atoms with van der Waals surface area (Å²) in [5, 5.41) is 2.85. The summed E-state index contributed by atoms with van der Waals surface area (Å²) in [6, 6.07) is 3.36. The molecule has 1 aliphatic carbocycles. The van der Waals surface area contributed by atoms with Crippen molar-refractivity contribution in [1.82, 2.24) is 9.29 Å². The number of anilines is 1. The van der Waals surface area contributed by atoms with Crippen LogP contribution < -0.4 is 5.32 Å². The molecule has 2 rings (SSSR count). The van der Waals surface area contributed by atoms with Crippen LogP contribution in [0.2, 0.25) is 0 Å². The van der Waals surface area contributed by atoms with Crippen LogP contribution in [0.3, 0.4) is 0 Å². The van der Waals surface area contributed by atoms with Crippen molar-refractivity contribution in [3.05, 3.63) is 18.3 Å². The Hall–Kier alpha value is -1.14. The molecule has 1 aromatic heterocycles. The molecular formula is C14H23N3O2S. The largest absolute Gasteiger partial charge is 0.372 e. The van der Waals surface area contributed by atoms with Crippen LogP contribution in [0.15, 0.2) is 23.2 Å². The molecule has 0 bridgehead atoms. The van der Waals surface area contributed by atoms with Crippen molar-refractivity contribution in [1.29, 1.82) is 0 Å². The molecule has 1 fully saturated rings. The molecule has 1 aliphatic rings. The van der Waals surface area contributed by atoms with Crippen LogP contribution in [0.1, 0.15) is 32.6 Å². The Kier molecular flexibility index (Phi) is 4.65. The van der Waals surface area contributed by atoms with Crippen LogP contribution in [0, 0.1) is 5.92 Å². The summed E-state index contributed by atoms with van der Waals surface area (Å²) in [6.45, 7) is 2.19. The summed E-state index contributed by atoms with van der Waals surface area (Å²) in [6.07, 6.45) is 5.75. The van der Waals surface area contributed by atoms with Gasteiger partial charge < -0.3 is 5.32 Å². The molecule has 1 N–H and O–H groups in total. The summed E-state index contributed by atoms with van der Waals surface area (Å²) < 4.78 is 27.1. The molecule has 0 saturated heterocycles. The molecule has 2 atom stereocenters. The first-order chi connectivity index (χ1) is 9.46. The van der Waals surface area contributed by atoms with Gasteiger partial charge in [0, 0.05) is 26.3 Å². The first-order valence-electron chi connectivity index (χ1n) is 7.07. The lowest BCUT2D eigenvalue weighted by Gasteiger charge is -2.33. The third-order valence-electron chi connectivity index (χ3n) is 4.09. The number of sulfonamides is 1. The number of nitrogens with zero attached hydrogens (tertiary/aromatic N) is 2. The van der Waals surface area contributed by atoms with Crippen molar-refractivity contribution >= 4 is 15.8 Å². The number of hydrogen-bond acceptors (Lipinski definition) is 4. The molecular weight excluding hydrogens is 274 g/mol. The van der Waals surface area contributed by atoms with Gasteiger partial charge in [-0.15, -0.1) is 0 Å². The quantitative estimate of drug-likeness (QED) is 0.926. The Morgan fingerprint density at radius 2 is 2.15 bits per heavy atom. The SMILES string of the molecule is CNc1ncccc1S(=O)(=O)N(C)C1CCCC(C)C1. The van der Waals surface area contributed by atoms with Crippen molar-refractivity contribution in [2.24, 2.45) is 5.92 Å². The second-order valence-corrected chi connectivity index (χ2v) is 7.51. The van der Waals surface area contributed by atoms with Crippen molar-refractivity contribution in [2.45, 2.75) is 43.5 Å². The maximum absolute atomic E-state index is 12.8. The Labute approximate surface area is 121 Å². The van der Waals surface area contributed by atoms with E-state index in [-0.39, 0.29) is 10.9 Å². The molecule has 2 unspecified atom stereocenters. The van der Waals surface area contributed by atoms with Crippen LogP contribution in [0.25, 0.3) is 0 Å². The molecule has 0 aromatic carbocycles. The van der Waals surface area contributed by atoms with Crippen LogP contribution >= 0.6 is 0 Å². The predicted molar refractivity (Wildman–Crippen MR) is 80.2 cm³/mol. The van der Waals surface area contributed by atoms with Crippen molar-refractivity contribution in [3.8, 4) is 0 Å². The fourth-order valence-electron chi connectivity index (χ4n) is 2.87. The molecule has 1 heterocycles. The summed E-state index contributed by atoms with van der Waals surface area (Å²) in [7, 11) is -0.127. The minimum Gasteiger partial charge on any atom is -0.372 e. The fraction of sp³-hybridized carbons (Fsp3) is 0.643. The second-order valence-electron chi connectivity index (χ2n) is 5.55. The third-order valence-corrected chi connectivity index (χ3v) is 6.03. The van der Waals surface area contributed by atoms with Crippen LogP contribution in [-0.4, -0.2) is 37.8 Å². The highest BCUT2D eigenvalue weighted by atomic mass is 32.2. The van der Waals surface area contributed by atoms with Gasteiger partial charge in [0.15, 0.2) is 0 Å². The standard InChI is InChI=1S/C14H23N3O2S/c1-11-6-4-7-12(10-11)17(3)20(18,19)13-8-5-9-16-14(13)15-2/h5,8-9,11-12H,4,6-7,10H2,1-3H3,(H,15,16). The fourth-order valence-corrected chi connectivity index (χ4v) is 4.41. The van der Waals surface area contributed by atoms with Crippen LogP contribution in [-0.2, 0) is 10.0 Å². The number of pyridine rings is 1. The normalized spacial score (nSPS) is 23.8. The van der Waals surface area contributed by atoms with Gasteiger partial charge in [-0.2, -0.15) is 4.31 Å². The van der Waals surface area contributed by atoms with E-state index in [0.29, 0.717) is 11.7 Å². The third kappa shape index (κ3) is 2.96. The first kappa shape index (κ1) is 15.3. The number of nitrogens with one attached hydrogen (secondary N) is 1. The van der Waals surface area contributed by atoms with Crippen molar-refractivity contribution in [3.63, 3.8) is 0 Å². The zero-order chi connectivity index (χ0) is 14.8. The Balaban J connectivity index is 2.29. The number of hydrogen-bond donors (Lipinski definition) is 1. The minimum atomic E-state index is -3.50. The number of rotatable bonds is 4. The van der Waals surface area contributed by atoms with Crippen molar-refractivity contribution in [2.75, 3.05) is 19.4 Å². The van der Waals surface area contributed by atoms with Gasteiger partial charge in [0.05, 0.1) is 0 Å². The lowest BCUT2D eigenvalue weighted by atomic mass is 9.87. The molecule has 0 spiro atoms. The molecule has 112 valence electrons. The second kappa shape index (κ2) is 6.10. The lowest BCUT2D eigenvalue weighted by Crippen LogP contribution is -2.40. The highest BCUT2D eigenvalue weighted by molar-refractivity contribution is 7.89. The highest BCUT2D eigenvalue weighted by Gasteiger charge is 2.32. The predicted octanol–water partition coefficient (Wildman–Crippen LogP) is 2.32. The Morgan fingerprint density at radius 3 is 2.80 bits per heavy atom. The smallest absolute Gasteiger partial charge is 0.246 e. The van der Waals surface area contributed by atoms with E-state index in [9.17, 15) is 8.42 Å². The molecule has 1 saturated carbocycles. The van der Waals surface area contributed by atoms with Crippen molar-refractivity contribution < 1.29 is 8.42 Å². The lowest BCUT2D eigenvalue weighted by molar-refractivity contribution is 0.239. The van der Waals surface area contributed by atoms with Gasteiger partial charge in [-0.3, -0.25) is 0 Å². The van der Waals surface area contributed by atoms with Gasteiger partial charge in [0.1, 0.15) is 10.7 Å².